The van der Waals surface area contributed by atoms with Gasteiger partial charge in [-0.2, -0.15) is 8.78 Å². The number of ether oxygens (including phenoxy) is 2. The fourth-order valence-corrected chi connectivity index (χ4v) is 2.50. The van der Waals surface area contributed by atoms with E-state index in [9.17, 15) is 13.6 Å². The standard InChI is InChI=1S/C18H18BrF2NO3/c19-14-6-3-7-15(11-14)24-10-4-9-17(23)22-12-13-5-1-2-8-16(13)25-18(20)21/h1-3,5-8,11,18H,4,9-10,12H2,(H,22,23). The molecular formula is C18H18BrF2NO3. The molecule has 1 N–H and O–H groups in total. The molecule has 7 heteroatoms. The summed E-state index contributed by atoms with van der Waals surface area (Å²) in [5.74, 6) is 0.619. The number of halogens is 3. The van der Waals surface area contributed by atoms with Gasteiger partial charge in [0.15, 0.2) is 0 Å². The molecule has 4 nitrogen and oxygen atoms in total. The molecule has 0 atom stereocenters. The fraction of sp³-hybridized carbons (Fsp3) is 0.278. The van der Waals surface area contributed by atoms with Gasteiger partial charge in [-0.25, -0.2) is 0 Å². The van der Waals surface area contributed by atoms with Crippen molar-refractivity contribution in [3.05, 3.63) is 58.6 Å². The Bertz CT molecular complexity index is 698. The quantitative estimate of drug-likeness (QED) is 0.614. The fourth-order valence-electron chi connectivity index (χ4n) is 2.12. The number of benzene rings is 2. The van der Waals surface area contributed by atoms with Gasteiger partial charge in [0.1, 0.15) is 11.5 Å². The number of amides is 1. The SMILES string of the molecule is O=C(CCCOc1cccc(Br)c1)NCc1ccccc1OC(F)F. The molecule has 0 bridgehead atoms. The minimum absolute atomic E-state index is 0.0655. The van der Waals surface area contributed by atoms with Gasteiger partial charge in [-0.05, 0) is 30.7 Å². The number of alkyl halides is 2. The lowest BCUT2D eigenvalue weighted by Gasteiger charge is -2.11. The second-order valence-corrected chi connectivity index (χ2v) is 6.09. The number of hydrogen-bond donors (Lipinski definition) is 1. The maximum atomic E-state index is 12.3. The normalized spacial score (nSPS) is 10.6. The molecule has 0 fully saturated rings. The van der Waals surface area contributed by atoms with Gasteiger partial charge in [-0.15, -0.1) is 0 Å². The first-order valence-electron chi connectivity index (χ1n) is 7.72. The Labute approximate surface area is 153 Å². The lowest BCUT2D eigenvalue weighted by atomic mass is 10.2. The summed E-state index contributed by atoms with van der Waals surface area (Å²) in [7, 11) is 0. The van der Waals surface area contributed by atoms with Gasteiger partial charge in [0.05, 0.1) is 6.61 Å². The molecular weight excluding hydrogens is 396 g/mol. The van der Waals surface area contributed by atoms with Crippen LogP contribution in [0, 0.1) is 0 Å². The van der Waals surface area contributed by atoms with Gasteiger partial charge in [-0.3, -0.25) is 4.79 Å². The molecule has 0 saturated heterocycles. The maximum Gasteiger partial charge on any atom is 0.387 e. The highest BCUT2D eigenvalue weighted by Crippen LogP contribution is 2.20. The number of carbonyl (C=O) groups excluding carboxylic acids is 1. The van der Waals surface area contributed by atoms with Crippen molar-refractivity contribution in [1.29, 1.82) is 0 Å². The van der Waals surface area contributed by atoms with Crippen LogP contribution in [0.5, 0.6) is 11.5 Å². The Hall–Kier alpha value is -2.15. The van der Waals surface area contributed by atoms with E-state index in [2.05, 4.69) is 26.0 Å². The van der Waals surface area contributed by atoms with E-state index in [-0.39, 0.29) is 24.6 Å². The molecule has 25 heavy (non-hydrogen) atoms. The molecule has 0 aliphatic rings. The lowest BCUT2D eigenvalue weighted by molar-refractivity contribution is -0.121. The van der Waals surface area contributed by atoms with Crippen molar-refractivity contribution in [3.8, 4) is 11.5 Å². The second kappa shape index (κ2) is 9.98. The largest absolute Gasteiger partial charge is 0.494 e. The van der Waals surface area contributed by atoms with E-state index in [0.717, 1.165) is 10.2 Å². The van der Waals surface area contributed by atoms with Crippen molar-refractivity contribution >= 4 is 21.8 Å². The van der Waals surface area contributed by atoms with Crippen molar-refractivity contribution in [2.45, 2.75) is 26.0 Å². The number of nitrogens with one attached hydrogen (secondary N) is 1. The second-order valence-electron chi connectivity index (χ2n) is 5.17. The predicted molar refractivity (Wildman–Crippen MR) is 93.8 cm³/mol. The van der Waals surface area contributed by atoms with Crippen LogP contribution in [0.25, 0.3) is 0 Å². The molecule has 0 radical (unpaired) electrons. The first kappa shape index (κ1) is 19.2. The van der Waals surface area contributed by atoms with Crippen molar-refractivity contribution in [3.63, 3.8) is 0 Å². The highest BCUT2D eigenvalue weighted by Gasteiger charge is 2.10. The monoisotopic (exact) mass is 413 g/mol. The molecule has 0 aliphatic carbocycles. The minimum Gasteiger partial charge on any atom is -0.494 e. The van der Waals surface area contributed by atoms with Crippen LogP contribution >= 0.6 is 15.9 Å². The lowest BCUT2D eigenvalue weighted by Crippen LogP contribution is -2.23. The Morgan fingerprint density at radius 1 is 1.16 bits per heavy atom. The van der Waals surface area contributed by atoms with Gasteiger partial charge in [0.25, 0.3) is 0 Å². The summed E-state index contributed by atoms with van der Waals surface area (Å²) in [4.78, 5) is 11.9. The summed E-state index contributed by atoms with van der Waals surface area (Å²) in [6, 6.07) is 13.8. The van der Waals surface area contributed by atoms with Crippen LogP contribution < -0.4 is 14.8 Å². The van der Waals surface area contributed by atoms with Crippen LogP contribution in [0.15, 0.2) is 53.0 Å². The summed E-state index contributed by atoms with van der Waals surface area (Å²) >= 11 is 3.36. The first-order valence-corrected chi connectivity index (χ1v) is 8.51. The Morgan fingerprint density at radius 3 is 2.72 bits per heavy atom. The zero-order valence-electron chi connectivity index (χ0n) is 13.4. The van der Waals surface area contributed by atoms with Crippen molar-refractivity contribution in [2.75, 3.05) is 6.61 Å². The van der Waals surface area contributed by atoms with E-state index in [0.29, 0.717) is 18.6 Å². The van der Waals surface area contributed by atoms with Crippen LogP contribution in [0.1, 0.15) is 18.4 Å². The van der Waals surface area contributed by atoms with Crippen LogP contribution in [0.4, 0.5) is 8.78 Å². The molecule has 2 aromatic carbocycles. The number of carbonyl (C=O) groups is 1. The van der Waals surface area contributed by atoms with Crippen LogP contribution in [0.2, 0.25) is 0 Å². The summed E-state index contributed by atoms with van der Waals surface area (Å²) in [5.41, 5.74) is 0.501. The highest BCUT2D eigenvalue weighted by atomic mass is 79.9. The maximum absolute atomic E-state index is 12.3. The van der Waals surface area contributed by atoms with Crippen LogP contribution in [-0.4, -0.2) is 19.1 Å². The van der Waals surface area contributed by atoms with Gasteiger partial charge in [-0.1, -0.05) is 40.2 Å². The summed E-state index contributed by atoms with van der Waals surface area (Å²) in [6.45, 7) is -2.35. The van der Waals surface area contributed by atoms with Crippen LogP contribution in [0.3, 0.4) is 0 Å². The third-order valence-electron chi connectivity index (χ3n) is 3.28. The number of rotatable bonds is 9. The van der Waals surface area contributed by atoms with Gasteiger partial charge in [0, 0.05) is 23.0 Å². The Morgan fingerprint density at radius 2 is 1.96 bits per heavy atom. The molecule has 134 valence electrons. The van der Waals surface area contributed by atoms with E-state index < -0.39 is 6.61 Å². The van der Waals surface area contributed by atoms with E-state index in [4.69, 9.17) is 4.74 Å². The molecule has 0 saturated carbocycles. The molecule has 0 unspecified atom stereocenters. The average Bonchev–Trinajstić information content (AvgIpc) is 2.57. The zero-order valence-corrected chi connectivity index (χ0v) is 15.0. The van der Waals surface area contributed by atoms with Crippen LogP contribution in [-0.2, 0) is 11.3 Å². The number of hydrogen-bond acceptors (Lipinski definition) is 3. The molecule has 0 spiro atoms. The Kier molecular flexibility index (Phi) is 7.66. The topological polar surface area (TPSA) is 47.6 Å². The van der Waals surface area contributed by atoms with E-state index >= 15 is 0 Å². The van der Waals surface area contributed by atoms with Crippen molar-refractivity contribution in [2.24, 2.45) is 0 Å². The molecule has 2 aromatic rings. The zero-order chi connectivity index (χ0) is 18.1. The Balaban J connectivity index is 1.71. The van der Waals surface area contributed by atoms with E-state index in [1.807, 2.05) is 24.3 Å². The average molecular weight is 414 g/mol. The highest BCUT2D eigenvalue weighted by molar-refractivity contribution is 9.10. The van der Waals surface area contributed by atoms with Gasteiger partial charge < -0.3 is 14.8 Å². The summed E-state index contributed by atoms with van der Waals surface area (Å²) in [5, 5.41) is 2.69. The van der Waals surface area contributed by atoms with Crippen molar-refractivity contribution in [1.82, 2.24) is 5.32 Å². The molecule has 0 heterocycles. The first-order chi connectivity index (χ1) is 12.0. The molecule has 2 rings (SSSR count). The predicted octanol–water partition coefficient (Wildman–Crippen LogP) is 4.53. The summed E-state index contributed by atoms with van der Waals surface area (Å²) in [6.07, 6.45) is 0.833. The molecule has 0 aromatic heterocycles. The van der Waals surface area contributed by atoms with Crippen molar-refractivity contribution < 1.29 is 23.0 Å². The summed E-state index contributed by atoms with van der Waals surface area (Å²) < 4.78 is 35.6. The third kappa shape index (κ3) is 7.09. The van der Waals surface area contributed by atoms with E-state index in [1.165, 1.54) is 6.07 Å². The van der Waals surface area contributed by atoms with E-state index in [1.54, 1.807) is 18.2 Å². The number of para-hydroxylation sites is 1. The van der Waals surface area contributed by atoms with Gasteiger partial charge in [0.2, 0.25) is 5.91 Å². The third-order valence-corrected chi connectivity index (χ3v) is 3.77. The van der Waals surface area contributed by atoms with Gasteiger partial charge >= 0.3 is 6.61 Å². The smallest absolute Gasteiger partial charge is 0.387 e. The minimum atomic E-state index is -2.90. The molecule has 0 aliphatic heterocycles. The molecule has 1 amide bonds.